The molecule has 1 N–H and O–H groups in total. The summed E-state index contributed by atoms with van der Waals surface area (Å²) in [5.41, 5.74) is 0.814. The topological polar surface area (TPSA) is 12.0 Å². The third kappa shape index (κ3) is 1.31. The first-order chi connectivity index (χ1) is 5.23. The van der Waals surface area contributed by atoms with E-state index in [1.807, 2.05) is 0 Å². The van der Waals surface area contributed by atoms with Crippen LogP contribution in [0.4, 0.5) is 0 Å². The average Bonchev–Trinajstić information content (AvgIpc) is 2.64. The average molecular weight is 153 g/mol. The SMILES string of the molecule is CC(C)CN[C@H]1CCC12CC2. The molecule has 0 aromatic heterocycles. The van der Waals surface area contributed by atoms with Gasteiger partial charge >= 0.3 is 0 Å². The van der Waals surface area contributed by atoms with Crippen molar-refractivity contribution in [3.05, 3.63) is 0 Å². The highest BCUT2D eigenvalue weighted by Gasteiger charge is 2.54. The number of hydrogen-bond acceptors (Lipinski definition) is 1. The van der Waals surface area contributed by atoms with E-state index in [-0.39, 0.29) is 0 Å². The van der Waals surface area contributed by atoms with Crippen molar-refractivity contribution in [3.8, 4) is 0 Å². The maximum Gasteiger partial charge on any atom is 0.0124 e. The van der Waals surface area contributed by atoms with Crippen molar-refractivity contribution < 1.29 is 0 Å². The van der Waals surface area contributed by atoms with E-state index >= 15 is 0 Å². The van der Waals surface area contributed by atoms with Gasteiger partial charge in [0.05, 0.1) is 0 Å². The summed E-state index contributed by atoms with van der Waals surface area (Å²) < 4.78 is 0. The Kier molecular flexibility index (Phi) is 1.71. The first kappa shape index (κ1) is 7.60. The Bertz CT molecular complexity index is 147. The predicted octanol–water partition coefficient (Wildman–Crippen LogP) is 2.17. The zero-order valence-electron chi connectivity index (χ0n) is 7.69. The van der Waals surface area contributed by atoms with E-state index in [0.717, 1.165) is 17.4 Å². The van der Waals surface area contributed by atoms with Gasteiger partial charge in [-0.2, -0.15) is 0 Å². The summed E-state index contributed by atoms with van der Waals surface area (Å²) in [7, 11) is 0. The molecule has 0 heterocycles. The standard InChI is InChI=1S/C10H19N/c1-8(2)7-11-9-3-4-10(9)5-6-10/h8-9,11H,3-7H2,1-2H3/t9-/m0/s1. The molecule has 0 aliphatic heterocycles. The molecular weight excluding hydrogens is 134 g/mol. The number of rotatable bonds is 3. The largest absolute Gasteiger partial charge is 0.313 e. The Morgan fingerprint density at radius 2 is 2.09 bits per heavy atom. The van der Waals surface area contributed by atoms with Gasteiger partial charge in [-0.1, -0.05) is 13.8 Å². The van der Waals surface area contributed by atoms with E-state index in [1.54, 1.807) is 0 Å². The minimum absolute atomic E-state index is 0.811. The van der Waals surface area contributed by atoms with E-state index in [4.69, 9.17) is 0 Å². The Morgan fingerprint density at radius 3 is 2.45 bits per heavy atom. The molecule has 0 amide bonds. The Balaban J connectivity index is 1.71. The van der Waals surface area contributed by atoms with Crippen LogP contribution in [0.5, 0.6) is 0 Å². The first-order valence-corrected chi connectivity index (χ1v) is 4.96. The highest BCUT2D eigenvalue weighted by Crippen LogP contribution is 2.60. The van der Waals surface area contributed by atoms with Crippen LogP contribution in [0.2, 0.25) is 0 Å². The quantitative estimate of drug-likeness (QED) is 0.655. The van der Waals surface area contributed by atoms with Gasteiger partial charge < -0.3 is 5.32 Å². The minimum Gasteiger partial charge on any atom is -0.313 e. The van der Waals surface area contributed by atoms with Crippen LogP contribution < -0.4 is 5.32 Å². The molecule has 0 radical (unpaired) electrons. The van der Waals surface area contributed by atoms with Crippen molar-refractivity contribution in [2.24, 2.45) is 11.3 Å². The maximum absolute atomic E-state index is 3.67. The molecule has 0 bridgehead atoms. The molecule has 64 valence electrons. The molecule has 2 rings (SSSR count). The summed E-state index contributed by atoms with van der Waals surface area (Å²) in [5, 5.41) is 3.67. The molecule has 0 aromatic carbocycles. The van der Waals surface area contributed by atoms with Crippen molar-refractivity contribution in [2.45, 2.75) is 45.6 Å². The Labute approximate surface area is 69.6 Å². The van der Waals surface area contributed by atoms with Crippen molar-refractivity contribution >= 4 is 0 Å². The van der Waals surface area contributed by atoms with Crippen LogP contribution in [-0.2, 0) is 0 Å². The molecule has 1 heteroatoms. The van der Waals surface area contributed by atoms with Crippen LogP contribution in [-0.4, -0.2) is 12.6 Å². The molecule has 2 fully saturated rings. The van der Waals surface area contributed by atoms with Gasteiger partial charge in [0.1, 0.15) is 0 Å². The van der Waals surface area contributed by atoms with Crippen LogP contribution in [0.15, 0.2) is 0 Å². The summed E-state index contributed by atoms with van der Waals surface area (Å²) in [5.74, 6) is 0.811. The number of nitrogens with one attached hydrogen (secondary N) is 1. The molecule has 2 aliphatic carbocycles. The number of hydrogen-bond donors (Lipinski definition) is 1. The zero-order valence-corrected chi connectivity index (χ0v) is 7.69. The van der Waals surface area contributed by atoms with E-state index in [0.29, 0.717) is 0 Å². The summed E-state index contributed by atoms with van der Waals surface area (Å²) in [6.45, 7) is 5.78. The maximum atomic E-state index is 3.67. The molecule has 11 heavy (non-hydrogen) atoms. The molecule has 2 aliphatic rings. The second-order valence-corrected chi connectivity index (χ2v) is 4.76. The Morgan fingerprint density at radius 1 is 1.36 bits per heavy atom. The second kappa shape index (κ2) is 2.48. The lowest BCUT2D eigenvalue weighted by Gasteiger charge is -2.38. The molecule has 0 unspecified atom stereocenters. The second-order valence-electron chi connectivity index (χ2n) is 4.76. The summed E-state index contributed by atoms with van der Waals surface area (Å²) in [6, 6.07) is 0.893. The van der Waals surface area contributed by atoms with Crippen LogP contribution in [0, 0.1) is 11.3 Å². The van der Waals surface area contributed by atoms with Crippen LogP contribution in [0.3, 0.4) is 0 Å². The highest BCUT2D eigenvalue weighted by atomic mass is 15.0. The van der Waals surface area contributed by atoms with Crippen molar-refractivity contribution in [1.82, 2.24) is 5.32 Å². The first-order valence-electron chi connectivity index (χ1n) is 4.96. The van der Waals surface area contributed by atoms with Gasteiger partial charge in [0.2, 0.25) is 0 Å². The van der Waals surface area contributed by atoms with Gasteiger partial charge in [-0.05, 0) is 43.6 Å². The molecule has 0 aromatic rings. The lowest BCUT2D eigenvalue weighted by molar-refractivity contribution is 0.180. The van der Waals surface area contributed by atoms with Gasteiger partial charge in [-0.25, -0.2) is 0 Å². The van der Waals surface area contributed by atoms with Crippen LogP contribution >= 0.6 is 0 Å². The monoisotopic (exact) mass is 153 g/mol. The molecule has 1 spiro atoms. The minimum atomic E-state index is 0.811. The Hall–Kier alpha value is -0.0400. The van der Waals surface area contributed by atoms with Gasteiger partial charge in [0.15, 0.2) is 0 Å². The lowest BCUT2D eigenvalue weighted by atomic mass is 9.76. The van der Waals surface area contributed by atoms with Crippen molar-refractivity contribution in [1.29, 1.82) is 0 Å². The third-order valence-electron chi connectivity index (χ3n) is 3.33. The zero-order chi connectivity index (χ0) is 7.90. The molecule has 0 saturated heterocycles. The fourth-order valence-corrected chi connectivity index (χ4v) is 2.15. The summed E-state index contributed by atoms with van der Waals surface area (Å²) in [4.78, 5) is 0. The fraction of sp³-hybridized carbons (Fsp3) is 1.00. The van der Waals surface area contributed by atoms with Crippen LogP contribution in [0.1, 0.15) is 39.5 Å². The van der Waals surface area contributed by atoms with E-state index in [9.17, 15) is 0 Å². The summed E-state index contributed by atoms with van der Waals surface area (Å²) >= 11 is 0. The van der Waals surface area contributed by atoms with Crippen molar-refractivity contribution in [2.75, 3.05) is 6.54 Å². The van der Waals surface area contributed by atoms with E-state index in [1.165, 1.54) is 32.2 Å². The molecular formula is C10H19N. The molecule has 1 nitrogen and oxygen atoms in total. The third-order valence-corrected chi connectivity index (χ3v) is 3.33. The normalized spacial score (nSPS) is 32.5. The lowest BCUT2D eigenvalue weighted by Crippen LogP contribution is -2.46. The van der Waals surface area contributed by atoms with E-state index < -0.39 is 0 Å². The predicted molar refractivity (Wildman–Crippen MR) is 47.5 cm³/mol. The van der Waals surface area contributed by atoms with Gasteiger partial charge in [-0.15, -0.1) is 0 Å². The van der Waals surface area contributed by atoms with Gasteiger partial charge in [0.25, 0.3) is 0 Å². The molecule has 2 saturated carbocycles. The van der Waals surface area contributed by atoms with Gasteiger partial charge in [-0.3, -0.25) is 0 Å². The fourth-order valence-electron chi connectivity index (χ4n) is 2.15. The van der Waals surface area contributed by atoms with Crippen LogP contribution in [0.25, 0.3) is 0 Å². The summed E-state index contributed by atoms with van der Waals surface area (Å²) in [6.07, 6.45) is 5.95. The van der Waals surface area contributed by atoms with Gasteiger partial charge in [0, 0.05) is 6.04 Å². The smallest absolute Gasteiger partial charge is 0.0124 e. The molecule has 1 atom stereocenters. The highest BCUT2D eigenvalue weighted by molar-refractivity contribution is 5.09. The van der Waals surface area contributed by atoms with E-state index in [2.05, 4.69) is 19.2 Å². The van der Waals surface area contributed by atoms with Crippen molar-refractivity contribution in [3.63, 3.8) is 0 Å².